The van der Waals surface area contributed by atoms with Crippen LogP contribution in [-0.2, 0) is 6.54 Å². The average molecular weight is 332 g/mol. The zero-order valence-electron chi connectivity index (χ0n) is 12.4. The predicted molar refractivity (Wildman–Crippen MR) is 89.9 cm³/mol. The standard InChI is InChI=1S/C18H22BrN/c1-13(2)16-6-4-15(5-7-16)12-20-14(3)17-8-10-18(19)11-9-17/h4-11,13-14,20H,12H2,1-3H3/t14-/m1/s1. The highest BCUT2D eigenvalue weighted by atomic mass is 79.9. The van der Waals surface area contributed by atoms with Gasteiger partial charge in [-0.3, -0.25) is 0 Å². The van der Waals surface area contributed by atoms with Gasteiger partial charge in [-0.1, -0.05) is 66.2 Å². The number of nitrogens with one attached hydrogen (secondary N) is 1. The molecule has 1 N–H and O–H groups in total. The molecule has 2 aromatic carbocycles. The van der Waals surface area contributed by atoms with Crippen molar-refractivity contribution in [2.24, 2.45) is 0 Å². The van der Waals surface area contributed by atoms with Crippen molar-refractivity contribution in [3.63, 3.8) is 0 Å². The van der Waals surface area contributed by atoms with Gasteiger partial charge < -0.3 is 5.32 Å². The lowest BCUT2D eigenvalue weighted by molar-refractivity contribution is 0.574. The lowest BCUT2D eigenvalue weighted by Crippen LogP contribution is -2.18. The summed E-state index contributed by atoms with van der Waals surface area (Å²) in [6, 6.07) is 17.7. The Morgan fingerprint density at radius 3 is 1.95 bits per heavy atom. The van der Waals surface area contributed by atoms with E-state index in [9.17, 15) is 0 Å². The van der Waals surface area contributed by atoms with Gasteiger partial charge in [0.15, 0.2) is 0 Å². The van der Waals surface area contributed by atoms with Crippen molar-refractivity contribution in [2.45, 2.75) is 39.3 Å². The molecule has 1 nitrogen and oxygen atoms in total. The highest BCUT2D eigenvalue weighted by Crippen LogP contribution is 2.18. The van der Waals surface area contributed by atoms with E-state index in [1.54, 1.807) is 0 Å². The number of hydrogen-bond donors (Lipinski definition) is 1. The third-order valence-corrected chi connectivity index (χ3v) is 4.16. The van der Waals surface area contributed by atoms with Crippen molar-refractivity contribution in [3.8, 4) is 0 Å². The van der Waals surface area contributed by atoms with Crippen LogP contribution in [-0.4, -0.2) is 0 Å². The number of rotatable bonds is 5. The van der Waals surface area contributed by atoms with Gasteiger partial charge >= 0.3 is 0 Å². The van der Waals surface area contributed by atoms with Crippen molar-refractivity contribution in [3.05, 3.63) is 69.7 Å². The molecule has 0 fully saturated rings. The maximum absolute atomic E-state index is 3.57. The summed E-state index contributed by atoms with van der Waals surface area (Å²) in [5.41, 5.74) is 4.04. The highest BCUT2D eigenvalue weighted by Gasteiger charge is 2.05. The second-order valence-electron chi connectivity index (χ2n) is 5.55. The first-order valence-corrected chi connectivity index (χ1v) is 7.93. The van der Waals surface area contributed by atoms with Crippen LogP contribution in [0.4, 0.5) is 0 Å². The monoisotopic (exact) mass is 331 g/mol. The van der Waals surface area contributed by atoms with Crippen LogP contribution in [0.25, 0.3) is 0 Å². The van der Waals surface area contributed by atoms with Crippen molar-refractivity contribution < 1.29 is 0 Å². The molecule has 0 heterocycles. The molecule has 106 valence electrons. The van der Waals surface area contributed by atoms with E-state index in [4.69, 9.17) is 0 Å². The molecule has 0 amide bonds. The molecule has 0 bridgehead atoms. The number of hydrogen-bond acceptors (Lipinski definition) is 1. The Kier molecular flexibility index (Phi) is 5.38. The summed E-state index contributed by atoms with van der Waals surface area (Å²) in [4.78, 5) is 0. The molecule has 0 spiro atoms. The van der Waals surface area contributed by atoms with Gasteiger partial charge in [0.1, 0.15) is 0 Å². The maximum atomic E-state index is 3.57. The van der Waals surface area contributed by atoms with Gasteiger partial charge in [0, 0.05) is 17.1 Å². The molecular formula is C18H22BrN. The molecule has 0 radical (unpaired) electrons. The Labute approximate surface area is 130 Å². The molecule has 2 heteroatoms. The van der Waals surface area contributed by atoms with Crippen LogP contribution in [0.15, 0.2) is 53.0 Å². The summed E-state index contributed by atoms with van der Waals surface area (Å²) in [5.74, 6) is 0.596. The highest BCUT2D eigenvalue weighted by molar-refractivity contribution is 9.10. The smallest absolute Gasteiger partial charge is 0.0294 e. The summed E-state index contributed by atoms with van der Waals surface area (Å²) < 4.78 is 1.12. The fourth-order valence-electron chi connectivity index (χ4n) is 2.16. The van der Waals surface area contributed by atoms with Crippen LogP contribution in [0.3, 0.4) is 0 Å². The van der Waals surface area contributed by atoms with E-state index in [0.717, 1.165) is 11.0 Å². The quantitative estimate of drug-likeness (QED) is 0.770. The lowest BCUT2D eigenvalue weighted by atomic mass is 10.0. The molecule has 0 unspecified atom stereocenters. The summed E-state index contributed by atoms with van der Waals surface area (Å²) in [6.45, 7) is 7.55. The number of halogens is 1. The first-order valence-electron chi connectivity index (χ1n) is 7.14. The summed E-state index contributed by atoms with van der Waals surface area (Å²) in [6.07, 6.45) is 0. The SMILES string of the molecule is CC(C)c1ccc(CN[C@H](C)c2ccc(Br)cc2)cc1. The zero-order chi connectivity index (χ0) is 14.5. The van der Waals surface area contributed by atoms with Gasteiger partial charge in [-0.2, -0.15) is 0 Å². The van der Waals surface area contributed by atoms with Gasteiger partial charge in [-0.15, -0.1) is 0 Å². The molecular weight excluding hydrogens is 310 g/mol. The van der Waals surface area contributed by atoms with E-state index < -0.39 is 0 Å². The topological polar surface area (TPSA) is 12.0 Å². The van der Waals surface area contributed by atoms with Gasteiger partial charge in [-0.05, 0) is 41.7 Å². The molecule has 20 heavy (non-hydrogen) atoms. The van der Waals surface area contributed by atoms with Crippen LogP contribution in [0, 0.1) is 0 Å². The number of benzene rings is 2. The van der Waals surface area contributed by atoms with Crippen molar-refractivity contribution in [1.82, 2.24) is 5.32 Å². The average Bonchev–Trinajstić information content (AvgIpc) is 2.46. The Bertz CT molecular complexity index is 528. The van der Waals surface area contributed by atoms with Crippen molar-refractivity contribution >= 4 is 15.9 Å². The second kappa shape index (κ2) is 7.05. The van der Waals surface area contributed by atoms with Crippen LogP contribution in [0.1, 0.15) is 49.4 Å². The summed E-state index contributed by atoms with van der Waals surface area (Å²) >= 11 is 3.47. The molecule has 0 saturated heterocycles. The van der Waals surface area contributed by atoms with Crippen molar-refractivity contribution in [1.29, 1.82) is 0 Å². The van der Waals surface area contributed by atoms with E-state index in [-0.39, 0.29) is 0 Å². The van der Waals surface area contributed by atoms with Crippen LogP contribution < -0.4 is 5.32 Å². The third-order valence-electron chi connectivity index (χ3n) is 3.63. The lowest BCUT2D eigenvalue weighted by Gasteiger charge is -2.15. The van der Waals surface area contributed by atoms with Crippen molar-refractivity contribution in [2.75, 3.05) is 0 Å². The van der Waals surface area contributed by atoms with E-state index >= 15 is 0 Å². The Morgan fingerprint density at radius 1 is 0.850 bits per heavy atom. The minimum atomic E-state index is 0.355. The van der Waals surface area contributed by atoms with Gasteiger partial charge in [-0.25, -0.2) is 0 Å². The van der Waals surface area contributed by atoms with Gasteiger partial charge in [0.25, 0.3) is 0 Å². The maximum Gasteiger partial charge on any atom is 0.0294 e. The zero-order valence-corrected chi connectivity index (χ0v) is 13.9. The molecule has 0 aromatic heterocycles. The Balaban J connectivity index is 1.92. The molecule has 0 aliphatic rings. The van der Waals surface area contributed by atoms with E-state index in [0.29, 0.717) is 12.0 Å². The van der Waals surface area contributed by atoms with Crippen LogP contribution in [0.2, 0.25) is 0 Å². The van der Waals surface area contributed by atoms with Gasteiger partial charge in [0.05, 0.1) is 0 Å². The summed E-state index contributed by atoms with van der Waals surface area (Å²) in [7, 11) is 0. The van der Waals surface area contributed by atoms with Crippen LogP contribution in [0.5, 0.6) is 0 Å². The minimum absolute atomic E-state index is 0.355. The second-order valence-corrected chi connectivity index (χ2v) is 6.47. The Hall–Kier alpha value is -1.12. The predicted octanol–water partition coefficient (Wildman–Crippen LogP) is 5.42. The van der Waals surface area contributed by atoms with E-state index in [1.807, 2.05) is 0 Å². The van der Waals surface area contributed by atoms with Crippen LogP contribution >= 0.6 is 15.9 Å². The first kappa shape index (κ1) is 15.3. The largest absolute Gasteiger partial charge is 0.306 e. The normalized spacial score (nSPS) is 12.7. The molecule has 0 aliphatic carbocycles. The van der Waals surface area contributed by atoms with E-state index in [2.05, 4.69) is 90.5 Å². The molecule has 0 aliphatic heterocycles. The molecule has 0 saturated carbocycles. The fourth-order valence-corrected chi connectivity index (χ4v) is 2.42. The fraction of sp³-hybridized carbons (Fsp3) is 0.333. The minimum Gasteiger partial charge on any atom is -0.306 e. The summed E-state index contributed by atoms with van der Waals surface area (Å²) in [5, 5.41) is 3.57. The first-order chi connectivity index (χ1) is 9.56. The Morgan fingerprint density at radius 2 is 1.40 bits per heavy atom. The molecule has 1 atom stereocenters. The van der Waals surface area contributed by atoms with E-state index in [1.165, 1.54) is 16.7 Å². The third kappa shape index (κ3) is 4.19. The molecule has 2 rings (SSSR count). The van der Waals surface area contributed by atoms with Gasteiger partial charge in [0.2, 0.25) is 0 Å². The molecule has 2 aromatic rings.